The Balaban J connectivity index is 1.78. The van der Waals surface area contributed by atoms with Crippen LogP contribution in [0.5, 0.6) is 11.5 Å². The summed E-state index contributed by atoms with van der Waals surface area (Å²) in [5.74, 6) is 0.463. The first-order valence-corrected chi connectivity index (χ1v) is 11.3. The third-order valence-corrected chi connectivity index (χ3v) is 6.91. The van der Waals surface area contributed by atoms with Gasteiger partial charge in [0.25, 0.3) is 10.0 Å². The summed E-state index contributed by atoms with van der Waals surface area (Å²) in [5, 5.41) is 2.92. The molecule has 164 valence electrons. The average molecular weight is 451 g/mol. The zero-order valence-electron chi connectivity index (χ0n) is 17.6. The van der Waals surface area contributed by atoms with Crippen molar-refractivity contribution in [2.24, 2.45) is 0 Å². The van der Waals surface area contributed by atoms with Crippen LogP contribution in [0.2, 0.25) is 0 Å². The average Bonchev–Trinajstić information content (AvgIpc) is 2.82. The summed E-state index contributed by atoms with van der Waals surface area (Å²) in [6.07, 6.45) is 1.21. The van der Waals surface area contributed by atoms with Gasteiger partial charge in [-0.2, -0.15) is 0 Å². The van der Waals surface area contributed by atoms with Gasteiger partial charge in [-0.1, -0.05) is 42.5 Å². The molecule has 0 amide bonds. The van der Waals surface area contributed by atoms with Crippen molar-refractivity contribution in [2.45, 2.75) is 6.54 Å². The van der Waals surface area contributed by atoms with Gasteiger partial charge in [-0.3, -0.25) is 9.10 Å². The number of ketones is 1. The van der Waals surface area contributed by atoms with E-state index in [1.807, 2.05) is 30.3 Å². The fourth-order valence-corrected chi connectivity index (χ4v) is 5.04. The number of rotatable bonds is 6. The van der Waals surface area contributed by atoms with Crippen molar-refractivity contribution < 1.29 is 22.7 Å². The number of hydrogen-bond acceptors (Lipinski definition) is 6. The number of nitrogens with one attached hydrogen (secondary N) is 1. The third-order valence-electron chi connectivity index (χ3n) is 5.14. The molecule has 0 radical (unpaired) electrons. The maximum Gasteiger partial charge on any atom is 0.270 e. The molecule has 0 unspecified atom stereocenters. The Morgan fingerprint density at radius 3 is 2.38 bits per heavy atom. The van der Waals surface area contributed by atoms with Gasteiger partial charge in [0.2, 0.25) is 5.78 Å². The van der Waals surface area contributed by atoms with E-state index in [1.54, 1.807) is 42.5 Å². The highest BCUT2D eigenvalue weighted by atomic mass is 32.2. The van der Waals surface area contributed by atoms with E-state index in [-0.39, 0.29) is 11.4 Å². The lowest BCUT2D eigenvalue weighted by Crippen LogP contribution is -2.39. The monoisotopic (exact) mass is 450 g/mol. The number of nitrogens with zero attached hydrogens (tertiary/aromatic N) is 1. The molecule has 1 N–H and O–H groups in total. The summed E-state index contributed by atoms with van der Waals surface area (Å²) < 4.78 is 38.9. The van der Waals surface area contributed by atoms with Gasteiger partial charge in [0, 0.05) is 17.8 Å². The zero-order chi connectivity index (χ0) is 22.7. The second-order valence-corrected chi connectivity index (χ2v) is 8.89. The molecule has 4 rings (SSSR count). The molecular weight excluding hydrogens is 428 g/mol. The first-order chi connectivity index (χ1) is 15.5. The van der Waals surface area contributed by atoms with Crippen LogP contribution in [0.1, 0.15) is 15.9 Å². The Morgan fingerprint density at radius 1 is 0.938 bits per heavy atom. The number of methoxy groups -OCH3 is 2. The molecule has 0 spiro atoms. The number of anilines is 2. The quantitative estimate of drug-likeness (QED) is 0.567. The van der Waals surface area contributed by atoms with Crippen LogP contribution < -0.4 is 19.1 Å². The fourth-order valence-electron chi connectivity index (χ4n) is 3.51. The van der Waals surface area contributed by atoms with Crippen LogP contribution in [-0.2, 0) is 16.6 Å². The van der Waals surface area contributed by atoms with E-state index in [1.165, 1.54) is 24.7 Å². The van der Waals surface area contributed by atoms with Gasteiger partial charge in [0.05, 0.1) is 32.1 Å². The van der Waals surface area contributed by atoms with Crippen molar-refractivity contribution in [1.82, 2.24) is 0 Å². The summed E-state index contributed by atoms with van der Waals surface area (Å²) in [5.41, 5.74) is 1.96. The van der Waals surface area contributed by atoms with E-state index >= 15 is 0 Å². The largest absolute Gasteiger partial charge is 0.497 e. The number of sulfonamides is 1. The summed E-state index contributed by atoms with van der Waals surface area (Å²) in [6, 6.07) is 21.0. The Morgan fingerprint density at radius 2 is 1.66 bits per heavy atom. The van der Waals surface area contributed by atoms with Gasteiger partial charge in [-0.15, -0.1) is 0 Å². The predicted molar refractivity (Wildman–Crippen MR) is 124 cm³/mol. The number of carbonyl (C=O) groups excluding carboxylic acids is 1. The Bertz CT molecular complexity index is 1290. The van der Waals surface area contributed by atoms with E-state index in [9.17, 15) is 13.2 Å². The number of para-hydroxylation sites is 1. The summed E-state index contributed by atoms with van der Waals surface area (Å²) in [4.78, 5) is 12.8. The summed E-state index contributed by atoms with van der Waals surface area (Å²) in [7, 11) is -1.09. The fraction of sp³-hybridized carbons (Fsp3) is 0.125. The van der Waals surface area contributed by atoms with E-state index in [4.69, 9.17) is 9.47 Å². The highest BCUT2D eigenvalue weighted by Crippen LogP contribution is 2.37. The molecule has 1 aliphatic rings. The number of Topliss-reactive ketones (excluding diaryl/α,β-unsaturated/α-hetero) is 1. The summed E-state index contributed by atoms with van der Waals surface area (Å²) in [6.45, 7) is 0.104. The number of carbonyl (C=O) groups is 1. The van der Waals surface area contributed by atoms with Crippen LogP contribution >= 0.6 is 0 Å². The zero-order valence-corrected chi connectivity index (χ0v) is 18.4. The minimum Gasteiger partial charge on any atom is -0.497 e. The molecule has 0 saturated heterocycles. The van der Waals surface area contributed by atoms with Gasteiger partial charge in [-0.05, 0) is 29.8 Å². The minimum absolute atomic E-state index is 0.104. The van der Waals surface area contributed by atoms with Crippen LogP contribution in [-0.4, -0.2) is 28.4 Å². The second-order valence-electron chi connectivity index (χ2n) is 7.06. The molecule has 3 aromatic rings. The van der Waals surface area contributed by atoms with Gasteiger partial charge in [-0.25, -0.2) is 8.42 Å². The summed E-state index contributed by atoms with van der Waals surface area (Å²) >= 11 is 0. The van der Waals surface area contributed by atoms with Crippen LogP contribution in [0.3, 0.4) is 0 Å². The van der Waals surface area contributed by atoms with Gasteiger partial charge < -0.3 is 14.8 Å². The molecule has 32 heavy (non-hydrogen) atoms. The number of benzene rings is 3. The number of hydrogen-bond donors (Lipinski definition) is 1. The Labute approximate surface area is 186 Å². The highest BCUT2D eigenvalue weighted by molar-refractivity contribution is 7.97. The smallest absolute Gasteiger partial charge is 0.270 e. The molecule has 1 aliphatic heterocycles. The molecule has 3 aromatic carbocycles. The van der Waals surface area contributed by atoms with Gasteiger partial charge >= 0.3 is 0 Å². The van der Waals surface area contributed by atoms with Crippen molar-refractivity contribution in [3.63, 3.8) is 0 Å². The lowest BCUT2D eigenvalue weighted by molar-refractivity contribution is 0.104. The Hall–Kier alpha value is -3.78. The van der Waals surface area contributed by atoms with Crippen molar-refractivity contribution in [2.75, 3.05) is 23.8 Å². The standard InChI is InChI=1S/C24H22N2O5S/c1-30-18-12-13-22(31-2)20(14-18)25-15-23-24(27)19-10-6-7-11-21(19)26(32(23,28)29)16-17-8-4-3-5-9-17/h3-15,25H,16H2,1-2H3. The first-order valence-electron chi connectivity index (χ1n) is 9.85. The molecule has 0 aromatic heterocycles. The Kier molecular flexibility index (Phi) is 5.87. The molecule has 0 aliphatic carbocycles. The first kappa shape index (κ1) is 21.5. The maximum absolute atomic E-state index is 13.5. The predicted octanol–water partition coefficient (Wildman–Crippen LogP) is 4.19. The van der Waals surface area contributed by atoms with Gasteiger partial charge in [0.15, 0.2) is 4.91 Å². The van der Waals surface area contributed by atoms with Crippen LogP contribution in [0.15, 0.2) is 83.9 Å². The molecule has 0 saturated carbocycles. The second kappa shape index (κ2) is 8.76. The van der Waals surface area contributed by atoms with Crippen LogP contribution in [0, 0.1) is 0 Å². The van der Waals surface area contributed by atoms with E-state index in [2.05, 4.69) is 5.32 Å². The normalized spacial score (nSPS) is 15.9. The highest BCUT2D eigenvalue weighted by Gasteiger charge is 2.40. The van der Waals surface area contributed by atoms with Crippen molar-refractivity contribution >= 4 is 27.2 Å². The lowest BCUT2D eigenvalue weighted by Gasteiger charge is -2.31. The lowest BCUT2D eigenvalue weighted by atomic mass is 10.1. The molecule has 0 atom stereocenters. The number of allylic oxidation sites excluding steroid dienone is 1. The molecule has 8 heteroatoms. The molecular formula is C24H22N2O5S. The minimum atomic E-state index is -4.12. The maximum atomic E-state index is 13.5. The number of ether oxygens (including phenoxy) is 2. The SMILES string of the molecule is COc1ccc(OC)c(NC=C2C(=O)c3ccccc3N(Cc3ccccc3)S2(=O)=O)c1. The van der Waals surface area contributed by atoms with Crippen molar-refractivity contribution in [3.05, 3.63) is 95.0 Å². The van der Waals surface area contributed by atoms with E-state index < -0.39 is 15.8 Å². The van der Waals surface area contributed by atoms with Crippen molar-refractivity contribution in [3.8, 4) is 11.5 Å². The third kappa shape index (κ3) is 3.92. The van der Waals surface area contributed by atoms with Gasteiger partial charge in [0.1, 0.15) is 11.5 Å². The molecule has 0 bridgehead atoms. The van der Waals surface area contributed by atoms with Crippen LogP contribution in [0.25, 0.3) is 0 Å². The van der Waals surface area contributed by atoms with E-state index in [0.29, 0.717) is 28.4 Å². The topological polar surface area (TPSA) is 84.9 Å². The van der Waals surface area contributed by atoms with Crippen LogP contribution in [0.4, 0.5) is 11.4 Å². The number of fused-ring (bicyclic) bond motifs is 1. The molecule has 1 heterocycles. The van der Waals surface area contributed by atoms with Crippen molar-refractivity contribution in [1.29, 1.82) is 0 Å². The molecule has 7 nitrogen and oxygen atoms in total. The van der Waals surface area contributed by atoms with E-state index in [0.717, 1.165) is 5.56 Å². The molecule has 0 fully saturated rings.